The van der Waals surface area contributed by atoms with E-state index in [1.165, 1.54) is 38.5 Å². The van der Waals surface area contributed by atoms with Crippen molar-refractivity contribution in [2.24, 2.45) is 11.8 Å². The molecule has 0 spiro atoms. The van der Waals surface area contributed by atoms with Crippen molar-refractivity contribution in [2.45, 2.75) is 65.0 Å². The number of ether oxygens (including phenoxy) is 1. The molecule has 6 nitrogen and oxygen atoms in total. The maximum atomic E-state index is 12.3. The van der Waals surface area contributed by atoms with E-state index in [9.17, 15) is 4.79 Å². The minimum atomic E-state index is -0.116. The lowest BCUT2D eigenvalue weighted by atomic mass is 10.0. The molecule has 1 saturated heterocycles. The molecule has 1 unspecified atom stereocenters. The molecule has 0 aromatic carbocycles. The highest BCUT2D eigenvalue weighted by Gasteiger charge is 2.23. The van der Waals surface area contributed by atoms with Gasteiger partial charge < -0.3 is 15.4 Å². The first-order chi connectivity index (χ1) is 13.6. The molecular formula is C22H36N4O2. The Morgan fingerprint density at radius 1 is 1.18 bits per heavy atom. The SMILES string of the molecule is CC(C)C(CNC(=O)NCc1ccc(OCC2CC2)nc1)N1CCCCCC1. The van der Waals surface area contributed by atoms with E-state index >= 15 is 0 Å². The fourth-order valence-electron chi connectivity index (χ4n) is 3.74. The molecule has 2 amide bonds. The summed E-state index contributed by atoms with van der Waals surface area (Å²) in [4.78, 5) is 19.1. The number of hydrogen-bond donors (Lipinski definition) is 2. The van der Waals surface area contributed by atoms with E-state index in [1.807, 2.05) is 12.1 Å². The average Bonchev–Trinajstić information content (AvgIpc) is 3.53. The van der Waals surface area contributed by atoms with Gasteiger partial charge in [-0.3, -0.25) is 4.90 Å². The number of aromatic nitrogens is 1. The maximum Gasteiger partial charge on any atom is 0.315 e. The van der Waals surface area contributed by atoms with Crippen molar-refractivity contribution < 1.29 is 9.53 Å². The molecule has 0 bridgehead atoms. The predicted molar refractivity (Wildman–Crippen MR) is 111 cm³/mol. The van der Waals surface area contributed by atoms with Crippen LogP contribution < -0.4 is 15.4 Å². The molecule has 3 rings (SSSR count). The lowest BCUT2D eigenvalue weighted by molar-refractivity contribution is 0.157. The number of rotatable bonds is 9. The minimum Gasteiger partial charge on any atom is -0.477 e. The molecule has 1 atom stereocenters. The van der Waals surface area contributed by atoms with Gasteiger partial charge in [-0.05, 0) is 56.2 Å². The first-order valence-electron chi connectivity index (χ1n) is 11.0. The first-order valence-corrected chi connectivity index (χ1v) is 11.0. The van der Waals surface area contributed by atoms with E-state index in [4.69, 9.17) is 4.74 Å². The largest absolute Gasteiger partial charge is 0.477 e. The van der Waals surface area contributed by atoms with E-state index < -0.39 is 0 Å². The monoisotopic (exact) mass is 388 g/mol. The van der Waals surface area contributed by atoms with Gasteiger partial charge in [0.05, 0.1) is 6.61 Å². The number of pyridine rings is 1. The highest BCUT2D eigenvalue weighted by atomic mass is 16.5. The highest BCUT2D eigenvalue weighted by Crippen LogP contribution is 2.29. The van der Waals surface area contributed by atoms with Gasteiger partial charge in [0.1, 0.15) is 0 Å². The van der Waals surface area contributed by atoms with Gasteiger partial charge >= 0.3 is 6.03 Å². The Bertz CT molecular complexity index is 593. The summed E-state index contributed by atoms with van der Waals surface area (Å²) in [6, 6.07) is 4.12. The second-order valence-corrected chi connectivity index (χ2v) is 8.58. The van der Waals surface area contributed by atoms with Crippen LogP contribution in [0, 0.1) is 11.8 Å². The van der Waals surface area contributed by atoms with Gasteiger partial charge in [-0.25, -0.2) is 9.78 Å². The zero-order valence-corrected chi connectivity index (χ0v) is 17.5. The van der Waals surface area contributed by atoms with Crippen molar-refractivity contribution in [3.05, 3.63) is 23.9 Å². The number of carbonyl (C=O) groups excluding carboxylic acids is 1. The van der Waals surface area contributed by atoms with Crippen LogP contribution in [-0.2, 0) is 6.54 Å². The van der Waals surface area contributed by atoms with Crippen LogP contribution in [0.5, 0.6) is 5.88 Å². The van der Waals surface area contributed by atoms with E-state index in [2.05, 4.69) is 34.4 Å². The Labute approximate surface area is 169 Å². The van der Waals surface area contributed by atoms with E-state index in [-0.39, 0.29) is 6.03 Å². The molecule has 1 aliphatic carbocycles. The Morgan fingerprint density at radius 3 is 2.54 bits per heavy atom. The summed E-state index contributed by atoms with van der Waals surface area (Å²) < 4.78 is 5.65. The van der Waals surface area contributed by atoms with Gasteiger partial charge in [-0.1, -0.05) is 32.8 Å². The number of carbonyl (C=O) groups is 1. The third-order valence-electron chi connectivity index (χ3n) is 5.77. The third kappa shape index (κ3) is 6.97. The van der Waals surface area contributed by atoms with E-state index in [0.29, 0.717) is 30.9 Å². The van der Waals surface area contributed by atoms with Crippen LogP contribution in [0.1, 0.15) is 57.9 Å². The number of amides is 2. The average molecular weight is 389 g/mol. The van der Waals surface area contributed by atoms with Gasteiger partial charge in [0.25, 0.3) is 0 Å². The lowest BCUT2D eigenvalue weighted by Gasteiger charge is -2.33. The molecule has 2 fully saturated rings. The second-order valence-electron chi connectivity index (χ2n) is 8.58. The lowest BCUT2D eigenvalue weighted by Crippen LogP contribution is -2.49. The Kier molecular flexibility index (Phi) is 7.95. The molecule has 28 heavy (non-hydrogen) atoms. The molecule has 2 aliphatic rings. The number of hydrogen-bond acceptors (Lipinski definition) is 4. The summed E-state index contributed by atoms with van der Waals surface area (Å²) in [7, 11) is 0. The first kappa shape index (κ1) is 20.9. The molecular weight excluding hydrogens is 352 g/mol. The fraction of sp³-hybridized carbons (Fsp3) is 0.727. The summed E-state index contributed by atoms with van der Waals surface area (Å²) in [6.07, 6.45) is 9.50. The number of likely N-dealkylation sites (tertiary alicyclic amines) is 1. The maximum absolute atomic E-state index is 12.3. The molecule has 6 heteroatoms. The smallest absolute Gasteiger partial charge is 0.315 e. The van der Waals surface area contributed by atoms with E-state index in [0.717, 1.165) is 31.2 Å². The minimum absolute atomic E-state index is 0.116. The van der Waals surface area contributed by atoms with Crippen LogP contribution in [-0.4, -0.2) is 48.2 Å². The van der Waals surface area contributed by atoms with Crippen LogP contribution in [0.15, 0.2) is 18.3 Å². The van der Waals surface area contributed by atoms with Crippen LogP contribution in [0.4, 0.5) is 4.79 Å². The quantitative estimate of drug-likeness (QED) is 0.679. The number of urea groups is 1. The molecule has 0 radical (unpaired) electrons. The summed E-state index contributed by atoms with van der Waals surface area (Å²) >= 11 is 0. The predicted octanol–water partition coefficient (Wildman–Crippen LogP) is 3.57. The van der Waals surface area contributed by atoms with Gasteiger partial charge in [0.15, 0.2) is 0 Å². The summed E-state index contributed by atoms with van der Waals surface area (Å²) in [5.41, 5.74) is 0.974. The van der Waals surface area contributed by atoms with Crippen molar-refractivity contribution in [1.82, 2.24) is 20.5 Å². The van der Waals surface area contributed by atoms with Gasteiger partial charge in [-0.2, -0.15) is 0 Å². The topological polar surface area (TPSA) is 66.5 Å². The Hall–Kier alpha value is -1.82. The van der Waals surface area contributed by atoms with Crippen molar-refractivity contribution in [2.75, 3.05) is 26.2 Å². The summed E-state index contributed by atoms with van der Waals surface area (Å²) in [5, 5.41) is 6.01. The van der Waals surface area contributed by atoms with Crippen LogP contribution in [0.2, 0.25) is 0 Å². The standard InChI is InChI=1S/C22H36N4O2/c1-17(2)20(26-11-5-3-4-6-12-26)15-25-22(27)24-14-19-9-10-21(23-13-19)28-16-18-7-8-18/h9-10,13,17-18,20H,3-8,11-12,14-16H2,1-2H3,(H2,24,25,27). The van der Waals surface area contributed by atoms with E-state index in [1.54, 1.807) is 6.20 Å². The molecule has 2 heterocycles. The van der Waals surface area contributed by atoms with Crippen molar-refractivity contribution in [1.29, 1.82) is 0 Å². The molecule has 1 aliphatic heterocycles. The van der Waals surface area contributed by atoms with Crippen molar-refractivity contribution >= 4 is 6.03 Å². The third-order valence-corrected chi connectivity index (χ3v) is 5.77. The Morgan fingerprint density at radius 2 is 1.93 bits per heavy atom. The fourth-order valence-corrected chi connectivity index (χ4v) is 3.74. The molecule has 156 valence electrons. The van der Waals surface area contributed by atoms with Crippen LogP contribution >= 0.6 is 0 Å². The normalized spacial score (nSPS) is 19.1. The highest BCUT2D eigenvalue weighted by molar-refractivity contribution is 5.73. The van der Waals surface area contributed by atoms with Crippen LogP contribution in [0.3, 0.4) is 0 Å². The number of nitrogens with one attached hydrogen (secondary N) is 2. The molecule has 1 saturated carbocycles. The zero-order valence-electron chi connectivity index (χ0n) is 17.5. The van der Waals surface area contributed by atoms with Gasteiger partial charge in [-0.15, -0.1) is 0 Å². The number of nitrogens with zero attached hydrogens (tertiary/aromatic N) is 2. The molecule has 1 aromatic heterocycles. The van der Waals surface area contributed by atoms with Gasteiger partial charge in [0.2, 0.25) is 5.88 Å². The van der Waals surface area contributed by atoms with Crippen molar-refractivity contribution in [3.8, 4) is 5.88 Å². The van der Waals surface area contributed by atoms with Crippen LogP contribution in [0.25, 0.3) is 0 Å². The van der Waals surface area contributed by atoms with Gasteiger partial charge in [0, 0.05) is 31.4 Å². The Balaban J connectivity index is 1.38. The second kappa shape index (κ2) is 10.6. The summed E-state index contributed by atoms with van der Waals surface area (Å²) in [5.74, 6) is 1.90. The molecule has 2 N–H and O–H groups in total. The summed E-state index contributed by atoms with van der Waals surface area (Å²) in [6.45, 7) is 8.70. The zero-order chi connectivity index (χ0) is 19.8. The van der Waals surface area contributed by atoms with Crippen molar-refractivity contribution in [3.63, 3.8) is 0 Å². The molecule has 1 aromatic rings.